The second-order valence-electron chi connectivity index (χ2n) is 5.50. The summed E-state index contributed by atoms with van der Waals surface area (Å²) in [7, 11) is 0. The summed E-state index contributed by atoms with van der Waals surface area (Å²) in [4.78, 5) is 24.2. The van der Waals surface area contributed by atoms with E-state index in [0.29, 0.717) is 11.1 Å². The van der Waals surface area contributed by atoms with Crippen molar-refractivity contribution in [2.24, 2.45) is 0 Å². The lowest BCUT2D eigenvalue weighted by molar-refractivity contribution is 0.0699. The third kappa shape index (κ3) is 3.96. The zero-order chi connectivity index (χ0) is 19.6. The number of anilines is 1. The first-order valence-electron chi connectivity index (χ1n) is 7.63. The molecule has 1 heterocycles. The number of carbonyl (C=O) groups is 2. The summed E-state index contributed by atoms with van der Waals surface area (Å²) >= 11 is 4.41. The number of carbonyl (C=O) groups excluding carboxylic acids is 1. The fraction of sp³-hybridized carbons (Fsp3) is 0. The largest absolute Gasteiger partial charge is 0.478 e. The average molecular weight is 447 g/mol. The maximum Gasteiger partial charge on any atom is 0.339 e. The van der Waals surface area contributed by atoms with Crippen LogP contribution in [-0.2, 0) is 0 Å². The molecular formula is C19H12BrFN2O3S. The van der Waals surface area contributed by atoms with Crippen molar-refractivity contribution in [1.82, 2.24) is 0 Å². The highest BCUT2D eigenvalue weighted by Gasteiger charge is 2.21. The van der Waals surface area contributed by atoms with Gasteiger partial charge in [0.1, 0.15) is 16.4 Å². The van der Waals surface area contributed by atoms with E-state index in [0.717, 1.165) is 28.1 Å². The summed E-state index contributed by atoms with van der Waals surface area (Å²) in [5, 5.41) is 21.1. The van der Waals surface area contributed by atoms with Gasteiger partial charge in [-0.2, -0.15) is 0 Å². The van der Waals surface area contributed by atoms with E-state index in [4.69, 9.17) is 5.41 Å². The number of carboxylic acids is 1. The van der Waals surface area contributed by atoms with Crippen LogP contribution in [0.3, 0.4) is 0 Å². The SMILES string of the molecule is N=Cc1ccc(C(=O)Nc2scc(-c3ccc(Br)cc3)c2C(=O)O)cc1F. The molecule has 0 fully saturated rings. The van der Waals surface area contributed by atoms with Crippen LogP contribution in [0.4, 0.5) is 9.39 Å². The number of rotatable bonds is 5. The number of benzene rings is 2. The fourth-order valence-corrected chi connectivity index (χ4v) is 3.69. The van der Waals surface area contributed by atoms with Gasteiger partial charge in [0.05, 0.1) is 0 Å². The van der Waals surface area contributed by atoms with Crippen molar-refractivity contribution < 1.29 is 19.1 Å². The number of halogens is 2. The minimum Gasteiger partial charge on any atom is -0.478 e. The van der Waals surface area contributed by atoms with Crippen molar-refractivity contribution in [2.45, 2.75) is 0 Å². The molecule has 0 saturated heterocycles. The van der Waals surface area contributed by atoms with Crippen LogP contribution >= 0.6 is 27.3 Å². The maximum absolute atomic E-state index is 13.8. The van der Waals surface area contributed by atoms with Crippen molar-refractivity contribution in [1.29, 1.82) is 5.41 Å². The molecule has 1 amide bonds. The minimum atomic E-state index is -1.17. The molecule has 3 N–H and O–H groups in total. The Labute approximate surface area is 166 Å². The van der Waals surface area contributed by atoms with E-state index in [1.165, 1.54) is 12.1 Å². The Hall–Kier alpha value is -2.84. The van der Waals surface area contributed by atoms with Gasteiger partial charge >= 0.3 is 5.97 Å². The summed E-state index contributed by atoms with van der Waals surface area (Å²) < 4.78 is 14.7. The average Bonchev–Trinajstić information content (AvgIpc) is 3.06. The number of hydrogen-bond donors (Lipinski definition) is 3. The van der Waals surface area contributed by atoms with Crippen LogP contribution in [0.2, 0.25) is 0 Å². The van der Waals surface area contributed by atoms with E-state index >= 15 is 0 Å². The molecule has 3 aromatic rings. The molecule has 0 unspecified atom stereocenters. The van der Waals surface area contributed by atoms with Gasteiger partial charge in [-0.3, -0.25) is 4.79 Å². The number of thiophene rings is 1. The molecule has 0 atom stereocenters. The third-order valence-electron chi connectivity index (χ3n) is 3.81. The first-order chi connectivity index (χ1) is 12.9. The molecule has 0 radical (unpaired) electrons. The molecule has 2 aromatic carbocycles. The molecule has 3 rings (SSSR count). The first kappa shape index (κ1) is 18.9. The summed E-state index contributed by atoms with van der Waals surface area (Å²) in [6.45, 7) is 0. The van der Waals surface area contributed by atoms with Crippen LogP contribution in [-0.4, -0.2) is 23.2 Å². The van der Waals surface area contributed by atoms with Crippen molar-refractivity contribution in [2.75, 3.05) is 5.32 Å². The van der Waals surface area contributed by atoms with Gasteiger partial charge in [-0.05, 0) is 35.9 Å². The molecule has 0 aliphatic heterocycles. The monoisotopic (exact) mass is 446 g/mol. The lowest BCUT2D eigenvalue weighted by Crippen LogP contribution is -2.14. The van der Waals surface area contributed by atoms with Crippen LogP contribution in [0.1, 0.15) is 26.3 Å². The number of nitrogens with one attached hydrogen (secondary N) is 2. The normalized spacial score (nSPS) is 10.4. The third-order valence-corrected chi connectivity index (χ3v) is 5.23. The van der Waals surface area contributed by atoms with Crippen molar-refractivity contribution in [3.8, 4) is 11.1 Å². The Morgan fingerprint density at radius 2 is 1.89 bits per heavy atom. The maximum atomic E-state index is 13.8. The molecule has 0 aliphatic carbocycles. The van der Waals surface area contributed by atoms with Crippen LogP contribution < -0.4 is 5.32 Å². The second-order valence-corrected chi connectivity index (χ2v) is 7.30. The van der Waals surface area contributed by atoms with Crippen molar-refractivity contribution in [3.63, 3.8) is 0 Å². The van der Waals surface area contributed by atoms with Crippen molar-refractivity contribution >= 4 is 50.4 Å². The summed E-state index contributed by atoms with van der Waals surface area (Å²) in [6, 6.07) is 10.8. The Morgan fingerprint density at radius 3 is 2.48 bits per heavy atom. The molecule has 27 heavy (non-hydrogen) atoms. The number of carboxylic acid groups (broad SMARTS) is 1. The van der Waals surface area contributed by atoms with Crippen LogP contribution in [0.5, 0.6) is 0 Å². The van der Waals surface area contributed by atoms with Gasteiger partial charge in [-0.15, -0.1) is 11.3 Å². The minimum absolute atomic E-state index is 0.0211. The second kappa shape index (κ2) is 7.81. The van der Waals surface area contributed by atoms with E-state index in [9.17, 15) is 19.1 Å². The molecule has 0 spiro atoms. The lowest BCUT2D eigenvalue weighted by atomic mass is 10.0. The van der Waals surface area contributed by atoms with Gasteiger partial charge in [0, 0.05) is 32.8 Å². The summed E-state index contributed by atoms with van der Waals surface area (Å²) in [5.74, 6) is -2.50. The van der Waals surface area contributed by atoms with Gasteiger partial charge in [-0.25, -0.2) is 9.18 Å². The molecule has 5 nitrogen and oxygen atoms in total. The topological polar surface area (TPSA) is 90.3 Å². The fourth-order valence-electron chi connectivity index (χ4n) is 2.46. The predicted octanol–water partition coefficient (Wildman–Crippen LogP) is 5.26. The highest BCUT2D eigenvalue weighted by Crippen LogP contribution is 2.36. The quantitative estimate of drug-likeness (QED) is 0.466. The Kier molecular flexibility index (Phi) is 5.48. The van der Waals surface area contributed by atoms with Gasteiger partial charge in [0.15, 0.2) is 0 Å². The van der Waals surface area contributed by atoms with E-state index in [-0.39, 0.29) is 21.7 Å². The Morgan fingerprint density at radius 1 is 1.19 bits per heavy atom. The molecule has 1 aromatic heterocycles. The smallest absolute Gasteiger partial charge is 0.339 e. The van der Waals surface area contributed by atoms with Gasteiger partial charge in [0.25, 0.3) is 5.91 Å². The Bertz CT molecular complexity index is 1050. The highest BCUT2D eigenvalue weighted by molar-refractivity contribution is 9.10. The number of aromatic carboxylic acids is 1. The molecule has 0 saturated carbocycles. The van der Waals surface area contributed by atoms with Crippen LogP contribution in [0.15, 0.2) is 52.3 Å². The van der Waals surface area contributed by atoms with Gasteiger partial charge < -0.3 is 15.8 Å². The van der Waals surface area contributed by atoms with E-state index in [1.54, 1.807) is 29.6 Å². The lowest BCUT2D eigenvalue weighted by Gasteiger charge is -2.07. The molecule has 136 valence electrons. The van der Waals surface area contributed by atoms with E-state index in [1.807, 2.05) is 0 Å². The standard InChI is InChI=1S/C19H12BrFN2O3S/c20-13-5-3-10(4-6-13)14-9-27-18(16(14)19(25)26)23-17(24)11-1-2-12(8-22)15(21)7-11/h1-9,22H,(H,23,24)(H,25,26). The molecule has 0 bridgehead atoms. The zero-order valence-electron chi connectivity index (χ0n) is 13.6. The van der Waals surface area contributed by atoms with E-state index in [2.05, 4.69) is 21.2 Å². The van der Waals surface area contributed by atoms with Crippen LogP contribution in [0, 0.1) is 11.2 Å². The molecule has 8 heteroatoms. The summed E-state index contributed by atoms with van der Waals surface area (Å²) in [5.41, 5.74) is 1.26. The van der Waals surface area contributed by atoms with Crippen LogP contribution in [0.25, 0.3) is 11.1 Å². The molecular weight excluding hydrogens is 435 g/mol. The highest BCUT2D eigenvalue weighted by atomic mass is 79.9. The predicted molar refractivity (Wildman–Crippen MR) is 107 cm³/mol. The number of amides is 1. The Balaban J connectivity index is 1.94. The van der Waals surface area contributed by atoms with Gasteiger partial charge in [-0.1, -0.05) is 28.1 Å². The van der Waals surface area contributed by atoms with E-state index < -0.39 is 17.7 Å². The molecule has 0 aliphatic rings. The van der Waals surface area contributed by atoms with Gasteiger partial charge in [0.2, 0.25) is 0 Å². The first-order valence-corrected chi connectivity index (χ1v) is 9.30. The van der Waals surface area contributed by atoms with Crippen molar-refractivity contribution in [3.05, 3.63) is 74.8 Å². The zero-order valence-corrected chi connectivity index (χ0v) is 16.0. The number of hydrogen-bond acceptors (Lipinski definition) is 4. The summed E-state index contributed by atoms with van der Waals surface area (Å²) in [6.07, 6.45) is 0.851.